The highest BCUT2D eigenvalue weighted by atomic mass is 16.4. The van der Waals surface area contributed by atoms with Crippen LogP contribution in [0.1, 0.15) is 5.56 Å². The van der Waals surface area contributed by atoms with Gasteiger partial charge in [-0.25, -0.2) is 0 Å². The molecule has 7 heteroatoms. The third-order valence-corrected chi connectivity index (χ3v) is 6.26. The molecule has 31 heavy (non-hydrogen) atoms. The van der Waals surface area contributed by atoms with Gasteiger partial charge in [0.2, 0.25) is 5.91 Å². The molecule has 1 aromatic heterocycles. The van der Waals surface area contributed by atoms with E-state index in [1.54, 1.807) is 0 Å². The summed E-state index contributed by atoms with van der Waals surface area (Å²) in [5, 5.41) is 0. The first-order chi connectivity index (χ1) is 15.2. The lowest BCUT2D eigenvalue weighted by atomic mass is 10.2. The summed E-state index contributed by atoms with van der Waals surface area (Å²) in [6.45, 7) is 8.30. The average Bonchev–Trinajstić information content (AvgIpc) is 3.25. The van der Waals surface area contributed by atoms with Gasteiger partial charge in [-0.05, 0) is 17.7 Å². The molecule has 0 unspecified atom stereocenters. The zero-order valence-electron chi connectivity index (χ0n) is 17.8. The Morgan fingerprint density at radius 3 is 2.23 bits per heavy atom. The minimum absolute atomic E-state index is 0.245. The van der Waals surface area contributed by atoms with E-state index in [0.717, 1.165) is 70.0 Å². The summed E-state index contributed by atoms with van der Waals surface area (Å²) in [6, 6.07) is 19.1. The van der Waals surface area contributed by atoms with Crippen LogP contribution in [0, 0.1) is 0 Å². The van der Waals surface area contributed by atoms with Crippen LogP contribution in [0.4, 0.5) is 6.01 Å². The van der Waals surface area contributed by atoms with E-state index >= 15 is 0 Å². The van der Waals surface area contributed by atoms with Gasteiger partial charge in [0.25, 0.3) is 6.01 Å². The van der Waals surface area contributed by atoms with Crippen LogP contribution in [-0.2, 0) is 11.3 Å². The number of oxazole rings is 1. The molecular weight excluding hydrogens is 390 g/mol. The number of piperazine rings is 2. The van der Waals surface area contributed by atoms with E-state index in [1.807, 2.05) is 35.2 Å². The molecule has 0 saturated carbocycles. The summed E-state index contributed by atoms with van der Waals surface area (Å²) in [5.74, 6) is 0.245. The molecule has 2 saturated heterocycles. The van der Waals surface area contributed by atoms with Crippen molar-refractivity contribution in [3.8, 4) is 0 Å². The second kappa shape index (κ2) is 9.08. The van der Waals surface area contributed by atoms with Crippen molar-refractivity contribution in [3.63, 3.8) is 0 Å². The largest absolute Gasteiger partial charge is 0.423 e. The van der Waals surface area contributed by atoms with Crippen LogP contribution in [0.25, 0.3) is 11.1 Å². The third-order valence-electron chi connectivity index (χ3n) is 6.26. The maximum absolute atomic E-state index is 12.8. The molecule has 2 aromatic carbocycles. The van der Waals surface area contributed by atoms with Gasteiger partial charge in [-0.1, -0.05) is 42.5 Å². The zero-order chi connectivity index (χ0) is 21.0. The molecule has 0 atom stereocenters. The number of carbonyl (C=O) groups is 1. The van der Waals surface area contributed by atoms with E-state index in [2.05, 4.69) is 43.9 Å². The fraction of sp³-hybridized carbons (Fsp3) is 0.417. The van der Waals surface area contributed by atoms with Crippen molar-refractivity contribution < 1.29 is 9.21 Å². The molecule has 7 nitrogen and oxygen atoms in total. The van der Waals surface area contributed by atoms with Crippen molar-refractivity contribution in [3.05, 3.63) is 60.2 Å². The van der Waals surface area contributed by atoms with Gasteiger partial charge >= 0.3 is 0 Å². The number of rotatable bonds is 5. The number of hydrogen-bond acceptors (Lipinski definition) is 6. The predicted octanol–water partition coefficient (Wildman–Crippen LogP) is 2.29. The van der Waals surface area contributed by atoms with Gasteiger partial charge in [-0.2, -0.15) is 4.98 Å². The van der Waals surface area contributed by atoms with E-state index in [1.165, 1.54) is 5.56 Å². The highest BCUT2D eigenvalue weighted by molar-refractivity contribution is 5.78. The predicted molar refractivity (Wildman–Crippen MR) is 121 cm³/mol. The first-order valence-corrected chi connectivity index (χ1v) is 11.1. The quantitative estimate of drug-likeness (QED) is 0.633. The minimum Gasteiger partial charge on any atom is -0.423 e. The monoisotopic (exact) mass is 419 g/mol. The number of benzene rings is 2. The maximum atomic E-state index is 12.8. The van der Waals surface area contributed by atoms with Crippen molar-refractivity contribution in [1.82, 2.24) is 19.7 Å². The van der Waals surface area contributed by atoms with Crippen LogP contribution in [-0.4, -0.2) is 84.5 Å². The summed E-state index contributed by atoms with van der Waals surface area (Å²) < 4.78 is 5.89. The molecule has 0 N–H and O–H groups in total. The molecule has 0 radical (unpaired) electrons. The smallest absolute Gasteiger partial charge is 0.298 e. The number of amides is 1. The van der Waals surface area contributed by atoms with Crippen LogP contribution >= 0.6 is 0 Å². The molecule has 2 fully saturated rings. The van der Waals surface area contributed by atoms with Crippen LogP contribution in [0.5, 0.6) is 0 Å². The van der Waals surface area contributed by atoms with Crippen LogP contribution in [0.15, 0.2) is 59.0 Å². The Kier molecular flexibility index (Phi) is 5.86. The van der Waals surface area contributed by atoms with Crippen LogP contribution in [0.2, 0.25) is 0 Å². The normalized spacial score (nSPS) is 18.6. The molecule has 3 heterocycles. The van der Waals surface area contributed by atoms with E-state index in [0.29, 0.717) is 12.6 Å². The third kappa shape index (κ3) is 4.73. The number of carbonyl (C=O) groups excluding carboxylic acids is 1. The summed E-state index contributed by atoms with van der Waals surface area (Å²) in [6.07, 6.45) is 0. The molecule has 0 spiro atoms. The number of para-hydroxylation sites is 2. The summed E-state index contributed by atoms with van der Waals surface area (Å²) in [4.78, 5) is 26.3. The maximum Gasteiger partial charge on any atom is 0.298 e. The fourth-order valence-corrected chi connectivity index (χ4v) is 4.38. The Balaban J connectivity index is 1.07. The Bertz CT molecular complexity index is 972. The van der Waals surface area contributed by atoms with Gasteiger partial charge < -0.3 is 14.2 Å². The number of anilines is 1. The first kappa shape index (κ1) is 20.0. The van der Waals surface area contributed by atoms with Gasteiger partial charge in [0, 0.05) is 58.9 Å². The van der Waals surface area contributed by atoms with Gasteiger partial charge in [0.05, 0.1) is 6.54 Å². The van der Waals surface area contributed by atoms with Gasteiger partial charge in [-0.3, -0.25) is 14.6 Å². The topological polar surface area (TPSA) is 56.1 Å². The van der Waals surface area contributed by atoms with Crippen molar-refractivity contribution >= 4 is 23.0 Å². The highest BCUT2D eigenvalue weighted by Gasteiger charge is 2.26. The molecule has 1 amide bonds. The van der Waals surface area contributed by atoms with Crippen molar-refractivity contribution in [1.29, 1.82) is 0 Å². The second-order valence-electron chi connectivity index (χ2n) is 8.37. The Morgan fingerprint density at radius 2 is 1.48 bits per heavy atom. The number of fused-ring (bicyclic) bond motifs is 1. The summed E-state index contributed by atoms with van der Waals surface area (Å²) in [7, 11) is 0. The molecule has 0 bridgehead atoms. The van der Waals surface area contributed by atoms with E-state index in [4.69, 9.17) is 4.42 Å². The number of hydrogen-bond donors (Lipinski definition) is 0. The molecule has 2 aliphatic heterocycles. The molecule has 5 rings (SSSR count). The lowest BCUT2D eigenvalue weighted by Crippen LogP contribution is -2.53. The Morgan fingerprint density at radius 1 is 0.806 bits per heavy atom. The molecule has 2 aliphatic rings. The van der Waals surface area contributed by atoms with Gasteiger partial charge in [0.15, 0.2) is 5.58 Å². The van der Waals surface area contributed by atoms with E-state index in [-0.39, 0.29) is 5.91 Å². The Labute approximate surface area is 182 Å². The first-order valence-electron chi connectivity index (χ1n) is 11.1. The van der Waals surface area contributed by atoms with Crippen molar-refractivity contribution in [2.24, 2.45) is 0 Å². The fourth-order valence-electron chi connectivity index (χ4n) is 4.38. The molecule has 162 valence electrons. The lowest BCUT2D eigenvalue weighted by Gasteiger charge is -2.37. The summed E-state index contributed by atoms with van der Waals surface area (Å²) >= 11 is 0. The SMILES string of the molecule is O=C(CN1CCN(c2nc3ccccc3o2)CC1)N1CCN(Cc2ccccc2)CC1. The van der Waals surface area contributed by atoms with Gasteiger partial charge in [-0.15, -0.1) is 0 Å². The van der Waals surface area contributed by atoms with E-state index < -0.39 is 0 Å². The average molecular weight is 420 g/mol. The van der Waals surface area contributed by atoms with Crippen LogP contribution in [0.3, 0.4) is 0 Å². The highest BCUT2D eigenvalue weighted by Crippen LogP contribution is 2.22. The molecule has 0 aliphatic carbocycles. The zero-order valence-corrected chi connectivity index (χ0v) is 17.8. The van der Waals surface area contributed by atoms with E-state index in [9.17, 15) is 4.79 Å². The number of nitrogens with zero attached hydrogens (tertiary/aromatic N) is 5. The molecular formula is C24H29N5O2. The summed E-state index contributed by atoms with van der Waals surface area (Å²) in [5.41, 5.74) is 3.04. The number of aromatic nitrogens is 1. The van der Waals surface area contributed by atoms with Crippen molar-refractivity contribution in [2.75, 3.05) is 63.8 Å². The van der Waals surface area contributed by atoms with Crippen molar-refractivity contribution in [2.45, 2.75) is 6.54 Å². The minimum atomic E-state index is 0.245. The molecule has 3 aromatic rings. The van der Waals surface area contributed by atoms with Gasteiger partial charge in [0.1, 0.15) is 5.52 Å². The standard InChI is InChI=1S/C24H29N5O2/c30-23(28-14-10-26(11-15-28)18-20-6-2-1-3-7-20)19-27-12-16-29(17-13-27)24-25-21-8-4-5-9-22(21)31-24/h1-9H,10-19H2. The Hall–Kier alpha value is -2.90. The second-order valence-corrected chi connectivity index (χ2v) is 8.37. The van der Waals surface area contributed by atoms with Crippen LogP contribution < -0.4 is 4.90 Å². The lowest BCUT2D eigenvalue weighted by molar-refractivity contribution is -0.134.